The number of aromatic nitrogens is 1. The topological polar surface area (TPSA) is 4.93 Å². The molecule has 0 aromatic carbocycles. The quantitative estimate of drug-likeness (QED) is 0.749. The number of alkyl halides is 2. The zero-order valence-electron chi connectivity index (χ0n) is 6.48. The van der Waals surface area contributed by atoms with Crippen LogP contribution in [0.1, 0.15) is 18.2 Å². The van der Waals surface area contributed by atoms with Crippen LogP contribution in [-0.2, 0) is 17.2 Å². The fraction of sp³-hybridized carbons (Fsp3) is 0.500. The third kappa shape index (κ3) is 1.88. The maximum Gasteiger partial charge on any atom is 0.0439 e. The summed E-state index contributed by atoms with van der Waals surface area (Å²) in [6, 6.07) is 2.16. The second kappa shape index (κ2) is 4.31. The minimum absolute atomic E-state index is 0.939. The Labute approximate surface area is 84.0 Å². The highest BCUT2D eigenvalue weighted by Crippen LogP contribution is 2.17. The molecule has 0 bridgehead atoms. The first-order valence-electron chi connectivity index (χ1n) is 3.62. The highest BCUT2D eigenvalue weighted by molar-refractivity contribution is 9.09. The molecule has 1 heterocycles. The van der Waals surface area contributed by atoms with Crippen LogP contribution in [0.5, 0.6) is 0 Å². The molecule has 0 aliphatic carbocycles. The van der Waals surface area contributed by atoms with E-state index in [1.807, 2.05) is 0 Å². The van der Waals surface area contributed by atoms with Gasteiger partial charge in [-0.05, 0) is 18.6 Å². The molecule has 0 amide bonds. The number of nitrogens with zero attached hydrogens (tertiary/aromatic N) is 1. The van der Waals surface area contributed by atoms with Gasteiger partial charge in [-0.25, -0.2) is 0 Å². The second-order valence-corrected chi connectivity index (χ2v) is 3.46. The lowest BCUT2D eigenvalue weighted by molar-refractivity contribution is 0.737. The van der Waals surface area contributed by atoms with Crippen molar-refractivity contribution >= 4 is 31.9 Å². The van der Waals surface area contributed by atoms with E-state index in [2.05, 4.69) is 55.6 Å². The van der Waals surface area contributed by atoms with Crippen LogP contribution in [0.15, 0.2) is 12.3 Å². The lowest BCUT2D eigenvalue weighted by Gasteiger charge is -2.03. The highest BCUT2D eigenvalue weighted by Gasteiger charge is 2.04. The Morgan fingerprint density at radius 1 is 1.36 bits per heavy atom. The predicted octanol–water partition coefficient (Wildman–Crippen LogP) is 3.30. The van der Waals surface area contributed by atoms with Gasteiger partial charge in [0.1, 0.15) is 0 Å². The number of rotatable bonds is 3. The van der Waals surface area contributed by atoms with Gasteiger partial charge in [0.2, 0.25) is 0 Å². The van der Waals surface area contributed by atoms with Crippen LogP contribution in [0.2, 0.25) is 0 Å². The molecule has 0 fully saturated rings. The third-order valence-electron chi connectivity index (χ3n) is 1.78. The van der Waals surface area contributed by atoms with Crippen molar-refractivity contribution in [2.45, 2.75) is 24.1 Å². The van der Waals surface area contributed by atoms with Crippen LogP contribution < -0.4 is 0 Å². The van der Waals surface area contributed by atoms with Crippen molar-refractivity contribution in [3.8, 4) is 0 Å². The standard InChI is InChI=1S/C8H11Br2N/c1-2-11-4-3-7(5-9)8(11)6-10/h3-4H,2,5-6H2,1H3. The largest absolute Gasteiger partial charge is 0.351 e. The van der Waals surface area contributed by atoms with E-state index < -0.39 is 0 Å². The van der Waals surface area contributed by atoms with E-state index in [-0.39, 0.29) is 0 Å². The van der Waals surface area contributed by atoms with Crippen LogP contribution in [0.25, 0.3) is 0 Å². The SMILES string of the molecule is CCn1ccc(CBr)c1CBr. The van der Waals surface area contributed by atoms with Gasteiger partial charge >= 0.3 is 0 Å². The van der Waals surface area contributed by atoms with E-state index in [1.54, 1.807) is 0 Å². The van der Waals surface area contributed by atoms with Gasteiger partial charge in [0, 0.05) is 29.1 Å². The van der Waals surface area contributed by atoms with Gasteiger partial charge in [-0.1, -0.05) is 31.9 Å². The van der Waals surface area contributed by atoms with E-state index >= 15 is 0 Å². The maximum absolute atomic E-state index is 3.48. The van der Waals surface area contributed by atoms with E-state index in [1.165, 1.54) is 11.3 Å². The summed E-state index contributed by atoms with van der Waals surface area (Å²) in [6.45, 7) is 3.21. The molecule has 0 saturated heterocycles. The van der Waals surface area contributed by atoms with E-state index in [0.717, 1.165) is 17.2 Å². The molecular formula is C8H11Br2N. The molecule has 0 unspecified atom stereocenters. The molecule has 3 heteroatoms. The van der Waals surface area contributed by atoms with Gasteiger partial charge in [0.05, 0.1) is 0 Å². The summed E-state index contributed by atoms with van der Waals surface area (Å²) in [4.78, 5) is 0. The normalized spacial score (nSPS) is 10.5. The van der Waals surface area contributed by atoms with E-state index in [0.29, 0.717) is 0 Å². The molecule has 0 atom stereocenters. The average Bonchev–Trinajstić information content (AvgIpc) is 2.45. The molecular weight excluding hydrogens is 270 g/mol. The minimum atomic E-state index is 0.939. The highest BCUT2D eigenvalue weighted by atomic mass is 79.9. The molecule has 0 spiro atoms. The van der Waals surface area contributed by atoms with Crippen LogP contribution in [0.3, 0.4) is 0 Å². The molecule has 1 aromatic rings. The summed E-state index contributed by atoms with van der Waals surface area (Å²) in [5.74, 6) is 0. The first-order valence-corrected chi connectivity index (χ1v) is 5.86. The summed E-state index contributed by atoms with van der Waals surface area (Å²) in [6.07, 6.45) is 2.13. The van der Waals surface area contributed by atoms with Gasteiger partial charge in [-0.15, -0.1) is 0 Å². The predicted molar refractivity (Wildman–Crippen MR) is 55.4 cm³/mol. The van der Waals surface area contributed by atoms with Crippen molar-refractivity contribution in [3.05, 3.63) is 23.5 Å². The lowest BCUT2D eigenvalue weighted by atomic mass is 10.3. The summed E-state index contributed by atoms with van der Waals surface area (Å²) in [5, 5.41) is 1.88. The first kappa shape index (κ1) is 9.33. The lowest BCUT2D eigenvalue weighted by Crippen LogP contribution is -1.98. The Morgan fingerprint density at radius 2 is 2.09 bits per heavy atom. The molecule has 0 radical (unpaired) electrons. The molecule has 0 aliphatic rings. The van der Waals surface area contributed by atoms with Gasteiger partial charge < -0.3 is 4.57 Å². The van der Waals surface area contributed by atoms with Crippen molar-refractivity contribution in [2.24, 2.45) is 0 Å². The summed E-state index contributed by atoms with van der Waals surface area (Å²) < 4.78 is 2.26. The number of hydrogen-bond donors (Lipinski definition) is 0. The minimum Gasteiger partial charge on any atom is -0.351 e. The van der Waals surface area contributed by atoms with E-state index in [9.17, 15) is 0 Å². The van der Waals surface area contributed by atoms with Crippen LogP contribution >= 0.6 is 31.9 Å². The molecule has 11 heavy (non-hydrogen) atoms. The van der Waals surface area contributed by atoms with Crippen molar-refractivity contribution in [2.75, 3.05) is 0 Å². The second-order valence-electron chi connectivity index (χ2n) is 2.34. The van der Waals surface area contributed by atoms with Gasteiger partial charge in [0.25, 0.3) is 0 Å². The Kier molecular flexibility index (Phi) is 3.66. The van der Waals surface area contributed by atoms with Crippen LogP contribution in [-0.4, -0.2) is 4.57 Å². The van der Waals surface area contributed by atoms with Crippen molar-refractivity contribution in [1.82, 2.24) is 4.57 Å². The molecule has 1 aromatic heterocycles. The Bertz CT molecular complexity index is 208. The Hall–Kier alpha value is 0.240. The smallest absolute Gasteiger partial charge is 0.0439 e. The van der Waals surface area contributed by atoms with Crippen molar-refractivity contribution in [1.29, 1.82) is 0 Å². The Balaban J connectivity index is 2.99. The fourth-order valence-electron chi connectivity index (χ4n) is 1.13. The number of halogens is 2. The van der Waals surface area contributed by atoms with Crippen LogP contribution in [0, 0.1) is 0 Å². The van der Waals surface area contributed by atoms with Crippen molar-refractivity contribution in [3.63, 3.8) is 0 Å². The average molecular weight is 281 g/mol. The molecule has 62 valence electrons. The first-order chi connectivity index (χ1) is 5.33. The van der Waals surface area contributed by atoms with Gasteiger partial charge in [-0.3, -0.25) is 0 Å². The third-order valence-corrected chi connectivity index (χ3v) is 2.92. The van der Waals surface area contributed by atoms with Crippen LogP contribution in [0.4, 0.5) is 0 Å². The monoisotopic (exact) mass is 279 g/mol. The zero-order valence-corrected chi connectivity index (χ0v) is 9.65. The molecule has 1 rings (SSSR count). The number of hydrogen-bond acceptors (Lipinski definition) is 0. The Morgan fingerprint density at radius 3 is 2.55 bits per heavy atom. The van der Waals surface area contributed by atoms with Gasteiger partial charge in [-0.2, -0.15) is 0 Å². The number of aryl methyl sites for hydroxylation is 1. The summed E-state index contributed by atoms with van der Waals surface area (Å²) >= 11 is 6.94. The fourth-order valence-corrected chi connectivity index (χ4v) is 2.32. The molecule has 0 aliphatic heterocycles. The zero-order chi connectivity index (χ0) is 8.27. The summed E-state index contributed by atoms with van der Waals surface area (Å²) in [7, 11) is 0. The molecule has 1 nitrogen and oxygen atoms in total. The maximum atomic E-state index is 3.48. The van der Waals surface area contributed by atoms with Gasteiger partial charge in [0.15, 0.2) is 0 Å². The van der Waals surface area contributed by atoms with Crippen molar-refractivity contribution < 1.29 is 0 Å². The summed E-state index contributed by atoms with van der Waals surface area (Å²) in [5.41, 5.74) is 2.76. The van der Waals surface area contributed by atoms with E-state index in [4.69, 9.17) is 0 Å². The molecule has 0 saturated carbocycles. The molecule has 0 N–H and O–H groups in total.